The summed E-state index contributed by atoms with van der Waals surface area (Å²) in [5.74, 6) is -0.480. The number of sulfonamides is 1. The molecular weight excluding hydrogens is 460 g/mol. The van der Waals surface area contributed by atoms with Crippen molar-refractivity contribution in [1.29, 1.82) is 0 Å². The summed E-state index contributed by atoms with van der Waals surface area (Å²) in [6, 6.07) is 25.6. The summed E-state index contributed by atoms with van der Waals surface area (Å²) in [5, 5.41) is 4.32. The van der Waals surface area contributed by atoms with Gasteiger partial charge in [-0.2, -0.15) is 5.10 Å². The van der Waals surface area contributed by atoms with Crippen LogP contribution < -0.4 is 9.73 Å². The number of benzene rings is 3. The molecule has 0 saturated carbocycles. The number of piperidine rings is 1. The Hall–Kier alpha value is -3.49. The number of amides is 1. The van der Waals surface area contributed by atoms with Crippen molar-refractivity contribution in [3.63, 3.8) is 0 Å². The van der Waals surface area contributed by atoms with Crippen molar-refractivity contribution in [3.05, 3.63) is 96.1 Å². The third-order valence-corrected chi connectivity index (χ3v) is 7.80. The first-order valence-electron chi connectivity index (χ1n) is 11.7. The van der Waals surface area contributed by atoms with Crippen molar-refractivity contribution >= 4 is 27.3 Å². The number of carbonyl (C=O) groups is 1. The van der Waals surface area contributed by atoms with Crippen LogP contribution in [0.25, 0.3) is 0 Å². The smallest absolute Gasteiger partial charge is 0.264 e. The number of nitrogens with zero attached hydrogens (tertiary/aromatic N) is 3. The molecule has 1 amide bonds. The van der Waals surface area contributed by atoms with Crippen LogP contribution in [0.4, 0.5) is 5.69 Å². The minimum atomic E-state index is -3.93. The van der Waals surface area contributed by atoms with Gasteiger partial charge in [-0.1, -0.05) is 66.7 Å². The van der Waals surface area contributed by atoms with Crippen molar-refractivity contribution in [3.8, 4) is 0 Å². The maximum absolute atomic E-state index is 13.4. The van der Waals surface area contributed by atoms with Gasteiger partial charge in [0, 0.05) is 38.2 Å². The lowest BCUT2D eigenvalue weighted by Gasteiger charge is -2.27. The third kappa shape index (κ3) is 6.35. The Kier molecular flexibility index (Phi) is 7.94. The van der Waals surface area contributed by atoms with Crippen molar-refractivity contribution < 1.29 is 13.2 Å². The van der Waals surface area contributed by atoms with Gasteiger partial charge in [-0.25, -0.2) is 13.8 Å². The van der Waals surface area contributed by atoms with Gasteiger partial charge in [0.15, 0.2) is 0 Å². The first-order valence-corrected chi connectivity index (χ1v) is 13.1. The molecule has 0 unspecified atom stereocenters. The fourth-order valence-corrected chi connectivity index (χ4v) is 5.60. The average molecular weight is 491 g/mol. The van der Waals surface area contributed by atoms with E-state index in [0.717, 1.165) is 48.1 Å². The summed E-state index contributed by atoms with van der Waals surface area (Å²) in [5.41, 5.74) is 6.00. The number of rotatable bonds is 8. The standard InChI is InChI=1S/C27H30N4O3S/c1-22-10-8-9-15-26(22)31(35(33,34)25-13-6-3-7-14-25)21-27(32)29-28-24-16-18-30(19-17-24)20-23-11-4-2-5-12-23/h2-15H,16-21H2,1H3,(H,29,32). The quantitative estimate of drug-likeness (QED) is 0.485. The Balaban J connectivity index is 1.42. The molecule has 1 saturated heterocycles. The van der Waals surface area contributed by atoms with E-state index in [1.807, 2.05) is 37.3 Å². The SMILES string of the molecule is Cc1ccccc1N(CC(=O)NN=C1CCN(Cc2ccccc2)CC1)S(=O)(=O)c1ccccc1. The van der Waals surface area contributed by atoms with Crippen molar-refractivity contribution in [1.82, 2.24) is 10.3 Å². The molecule has 1 N–H and O–H groups in total. The van der Waals surface area contributed by atoms with Crippen LogP contribution in [0.2, 0.25) is 0 Å². The molecule has 0 aromatic heterocycles. The zero-order valence-corrected chi connectivity index (χ0v) is 20.6. The van der Waals surface area contributed by atoms with Crippen LogP contribution in [0.5, 0.6) is 0 Å². The molecule has 0 atom stereocenters. The zero-order chi connectivity index (χ0) is 24.7. The van der Waals surface area contributed by atoms with Crippen molar-refractivity contribution in [2.45, 2.75) is 31.2 Å². The van der Waals surface area contributed by atoms with E-state index in [9.17, 15) is 13.2 Å². The summed E-state index contributed by atoms with van der Waals surface area (Å²) < 4.78 is 28.0. The van der Waals surface area contributed by atoms with Crippen LogP contribution >= 0.6 is 0 Å². The highest BCUT2D eigenvalue weighted by Crippen LogP contribution is 2.26. The molecule has 0 radical (unpaired) electrons. The van der Waals surface area contributed by atoms with E-state index >= 15 is 0 Å². The lowest BCUT2D eigenvalue weighted by atomic mass is 10.1. The Bertz CT molecular complexity index is 1270. The lowest BCUT2D eigenvalue weighted by Crippen LogP contribution is -2.40. The van der Waals surface area contributed by atoms with Crippen LogP contribution in [0.15, 0.2) is 94.9 Å². The average Bonchev–Trinajstić information content (AvgIpc) is 2.88. The number of para-hydroxylation sites is 1. The summed E-state index contributed by atoms with van der Waals surface area (Å²) >= 11 is 0. The van der Waals surface area contributed by atoms with Crippen LogP contribution in [0, 0.1) is 6.92 Å². The minimum Gasteiger partial charge on any atom is -0.298 e. The Morgan fingerprint density at radius 1 is 0.914 bits per heavy atom. The number of anilines is 1. The normalized spacial score (nSPS) is 14.4. The van der Waals surface area contributed by atoms with Crippen molar-refractivity contribution in [2.24, 2.45) is 5.10 Å². The number of nitrogens with one attached hydrogen (secondary N) is 1. The Morgan fingerprint density at radius 2 is 1.51 bits per heavy atom. The van der Waals surface area contributed by atoms with Crippen LogP contribution in [0.3, 0.4) is 0 Å². The minimum absolute atomic E-state index is 0.133. The molecule has 4 rings (SSSR count). The summed E-state index contributed by atoms with van der Waals surface area (Å²) in [6.07, 6.45) is 1.52. The second-order valence-corrected chi connectivity index (χ2v) is 10.4. The van der Waals surface area contributed by atoms with Gasteiger partial charge in [0.2, 0.25) is 0 Å². The highest BCUT2D eigenvalue weighted by atomic mass is 32.2. The molecule has 8 heteroatoms. The second kappa shape index (κ2) is 11.3. The molecule has 3 aromatic rings. The van der Waals surface area contributed by atoms with Gasteiger partial charge in [-0.3, -0.25) is 14.0 Å². The number of hydrogen-bond donors (Lipinski definition) is 1. The van der Waals surface area contributed by atoms with Crippen molar-refractivity contribution in [2.75, 3.05) is 23.9 Å². The summed E-state index contributed by atoms with van der Waals surface area (Å²) in [6.45, 7) is 4.08. The molecule has 1 heterocycles. The lowest BCUT2D eigenvalue weighted by molar-refractivity contribution is -0.119. The topological polar surface area (TPSA) is 82.1 Å². The zero-order valence-electron chi connectivity index (χ0n) is 19.8. The molecule has 35 heavy (non-hydrogen) atoms. The Labute approximate surface area is 207 Å². The third-order valence-electron chi connectivity index (χ3n) is 6.02. The highest BCUT2D eigenvalue weighted by molar-refractivity contribution is 7.92. The molecule has 0 bridgehead atoms. The fourth-order valence-electron chi connectivity index (χ4n) is 4.09. The molecule has 1 aliphatic rings. The molecule has 7 nitrogen and oxygen atoms in total. The van der Waals surface area contributed by atoms with E-state index in [4.69, 9.17) is 0 Å². The molecule has 1 aliphatic heterocycles. The molecule has 0 spiro atoms. The maximum atomic E-state index is 13.4. The number of carbonyl (C=O) groups excluding carboxylic acids is 1. The number of aryl methyl sites for hydroxylation is 1. The van der Waals surface area contributed by atoms with Gasteiger partial charge >= 0.3 is 0 Å². The van der Waals surface area contributed by atoms with Gasteiger partial charge in [0.25, 0.3) is 15.9 Å². The number of hydrazone groups is 1. The van der Waals surface area contributed by atoms with Gasteiger partial charge in [-0.05, 0) is 36.2 Å². The maximum Gasteiger partial charge on any atom is 0.264 e. The molecule has 1 fully saturated rings. The highest BCUT2D eigenvalue weighted by Gasteiger charge is 2.28. The second-order valence-electron chi connectivity index (χ2n) is 8.59. The summed E-state index contributed by atoms with van der Waals surface area (Å²) in [7, 11) is -3.93. The van der Waals surface area contributed by atoms with Gasteiger partial charge in [0.1, 0.15) is 6.54 Å². The van der Waals surface area contributed by atoms with Gasteiger partial charge < -0.3 is 0 Å². The van der Waals surface area contributed by atoms with Crippen LogP contribution in [-0.2, 0) is 21.4 Å². The van der Waals surface area contributed by atoms with E-state index in [2.05, 4.69) is 27.6 Å². The number of likely N-dealkylation sites (tertiary alicyclic amines) is 1. The largest absolute Gasteiger partial charge is 0.298 e. The molecule has 3 aromatic carbocycles. The Morgan fingerprint density at radius 3 is 2.17 bits per heavy atom. The van der Waals surface area contributed by atoms with E-state index in [1.165, 1.54) is 17.7 Å². The van der Waals surface area contributed by atoms with E-state index in [0.29, 0.717) is 5.69 Å². The first kappa shape index (κ1) is 24.6. The molecule has 182 valence electrons. The van der Waals surface area contributed by atoms with Gasteiger partial charge in [-0.15, -0.1) is 0 Å². The predicted octanol–water partition coefficient (Wildman–Crippen LogP) is 3.96. The van der Waals surface area contributed by atoms with E-state index < -0.39 is 15.9 Å². The fraction of sp³-hybridized carbons (Fsp3) is 0.259. The molecule has 0 aliphatic carbocycles. The van der Waals surface area contributed by atoms with E-state index in [1.54, 1.807) is 30.3 Å². The summed E-state index contributed by atoms with van der Waals surface area (Å²) in [4.78, 5) is 15.3. The number of hydrogen-bond acceptors (Lipinski definition) is 5. The van der Waals surface area contributed by atoms with Gasteiger partial charge in [0.05, 0.1) is 10.6 Å². The van der Waals surface area contributed by atoms with Crippen LogP contribution in [-0.4, -0.2) is 44.6 Å². The molecular formula is C27H30N4O3S. The predicted molar refractivity (Wildman–Crippen MR) is 139 cm³/mol. The monoisotopic (exact) mass is 490 g/mol. The van der Waals surface area contributed by atoms with E-state index in [-0.39, 0.29) is 11.4 Å². The first-order chi connectivity index (χ1) is 16.9. The van der Waals surface area contributed by atoms with Crippen LogP contribution in [0.1, 0.15) is 24.0 Å².